The number of hydrogen-bond acceptors (Lipinski definition) is 8. The van der Waals surface area contributed by atoms with Crippen LogP contribution in [0.3, 0.4) is 0 Å². The molecule has 2 unspecified atom stereocenters. The number of fused-ring (bicyclic) bond motifs is 3. The van der Waals surface area contributed by atoms with Crippen molar-refractivity contribution in [3.05, 3.63) is 65.6 Å². The number of hydrogen-bond donors (Lipinski definition) is 2. The van der Waals surface area contributed by atoms with Gasteiger partial charge in [0.2, 0.25) is 12.4 Å². The standard InChI is InChI=1S/C28H35N9O2/c1-5-7-25(33-35(18-38)19(3)4)37-26-24(27(39)36(37)14-6-2)15-29-28(32-26)31-20-10-12-23(13-11-20)34-16-21-8-9-22(17-34)30-21/h5-7,10-13,15,18-19,21-22,30H,2,8-9,14,16-17H2,1,3-4H3,(H,29,31,32)/b7-5-,33-25+. The van der Waals surface area contributed by atoms with Gasteiger partial charge in [-0.3, -0.25) is 9.59 Å². The summed E-state index contributed by atoms with van der Waals surface area (Å²) in [5.74, 6) is 0.710. The first-order chi connectivity index (χ1) is 18.9. The first kappa shape index (κ1) is 26.4. The van der Waals surface area contributed by atoms with Gasteiger partial charge in [0, 0.05) is 48.8 Å². The minimum absolute atomic E-state index is 0.171. The SMILES string of the molecule is C=CCn1c(=O)c2cnc(Nc3ccc(N4CC5CCC(C4)N5)cc3)nc2n1C(/C=C\C)=N/N(C=O)C(C)C. The van der Waals surface area contributed by atoms with Crippen LogP contribution in [-0.2, 0) is 11.3 Å². The third-order valence-electron chi connectivity index (χ3n) is 7.07. The molecule has 4 heterocycles. The summed E-state index contributed by atoms with van der Waals surface area (Å²) < 4.78 is 3.08. The van der Waals surface area contributed by atoms with Crippen molar-refractivity contribution in [2.24, 2.45) is 5.10 Å². The number of rotatable bonds is 9. The summed E-state index contributed by atoms with van der Waals surface area (Å²) in [6.45, 7) is 11.6. The number of amides is 1. The van der Waals surface area contributed by atoms with Crippen LogP contribution in [-0.4, -0.2) is 67.8 Å². The summed E-state index contributed by atoms with van der Waals surface area (Å²) in [5, 5.41) is 13.1. The molecule has 2 N–H and O–H groups in total. The molecular formula is C28H35N9O2. The lowest BCUT2D eigenvalue weighted by Gasteiger charge is -2.34. The van der Waals surface area contributed by atoms with E-state index >= 15 is 0 Å². The number of carbonyl (C=O) groups excluding carboxylic acids is 1. The Hall–Kier alpha value is -4.25. The Balaban J connectivity index is 1.49. The molecule has 2 fully saturated rings. The highest BCUT2D eigenvalue weighted by molar-refractivity contribution is 5.99. The number of benzene rings is 1. The zero-order chi connectivity index (χ0) is 27.5. The lowest BCUT2D eigenvalue weighted by molar-refractivity contribution is -0.119. The van der Waals surface area contributed by atoms with Crippen molar-refractivity contribution in [1.82, 2.24) is 29.7 Å². The zero-order valence-electron chi connectivity index (χ0n) is 22.6. The molecule has 2 bridgehead atoms. The molecule has 11 nitrogen and oxygen atoms in total. The predicted octanol–water partition coefficient (Wildman–Crippen LogP) is 3.07. The molecule has 0 aliphatic carbocycles. The van der Waals surface area contributed by atoms with Crippen LogP contribution in [0.15, 0.2) is 65.2 Å². The monoisotopic (exact) mass is 529 g/mol. The maximum absolute atomic E-state index is 13.3. The minimum atomic E-state index is -0.273. The van der Waals surface area contributed by atoms with E-state index in [0.717, 1.165) is 18.8 Å². The van der Waals surface area contributed by atoms with E-state index in [4.69, 9.17) is 4.98 Å². The topological polar surface area (TPSA) is 113 Å². The number of allylic oxidation sites excluding steroid dienone is 3. The molecule has 0 saturated carbocycles. The van der Waals surface area contributed by atoms with E-state index in [0.29, 0.717) is 41.3 Å². The van der Waals surface area contributed by atoms with Gasteiger partial charge in [-0.2, -0.15) is 10.1 Å². The second kappa shape index (κ2) is 11.2. The number of nitrogens with zero attached hydrogens (tertiary/aromatic N) is 7. The van der Waals surface area contributed by atoms with Crippen LogP contribution in [0.1, 0.15) is 33.6 Å². The molecule has 2 aliphatic rings. The van der Waals surface area contributed by atoms with E-state index < -0.39 is 0 Å². The fourth-order valence-corrected chi connectivity index (χ4v) is 5.18. The van der Waals surface area contributed by atoms with Gasteiger partial charge in [-0.1, -0.05) is 12.2 Å². The Labute approximate surface area is 227 Å². The lowest BCUT2D eigenvalue weighted by Crippen LogP contribution is -2.51. The molecule has 2 aromatic heterocycles. The van der Waals surface area contributed by atoms with Gasteiger partial charge in [-0.25, -0.2) is 19.4 Å². The Kier molecular flexibility index (Phi) is 7.60. The third kappa shape index (κ3) is 5.35. The van der Waals surface area contributed by atoms with Crippen molar-refractivity contribution >= 4 is 40.6 Å². The van der Waals surface area contributed by atoms with Gasteiger partial charge in [0.05, 0.1) is 6.54 Å². The maximum Gasteiger partial charge on any atom is 0.278 e. The number of hydrazone groups is 1. The second-order valence-electron chi connectivity index (χ2n) is 10.2. The van der Waals surface area contributed by atoms with Crippen LogP contribution >= 0.6 is 0 Å². The number of nitrogens with one attached hydrogen (secondary N) is 2. The summed E-state index contributed by atoms with van der Waals surface area (Å²) in [4.78, 5) is 36.5. The largest absolute Gasteiger partial charge is 0.368 e. The number of aromatic nitrogens is 4. The first-order valence-electron chi connectivity index (χ1n) is 13.3. The van der Waals surface area contributed by atoms with Gasteiger partial charge in [0.1, 0.15) is 5.39 Å². The molecule has 5 rings (SSSR count). The van der Waals surface area contributed by atoms with Crippen LogP contribution in [0.25, 0.3) is 11.0 Å². The average molecular weight is 530 g/mol. The van der Waals surface area contributed by atoms with Crippen LogP contribution in [0, 0.1) is 0 Å². The van der Waals surface area contributed by atoms with Crippen molar-refractivity contribution in [3.8, 4) is 0 Å². The molecule has 11 heteroatoms. The third-order valence-corrected chi connectivity index (χ3v) is 7.07. The van der Waals surface area contributed by atoms with Gasteiger partial charge in [-0.05, 0) is 64.0 Å². The van der Waals surface area contributed by atoms with Gasteiger partial charge in [-0.15, -0.1) is 6.58 Å². The minimum Gasteiger partial charge on any atom is -0.368 e. The highest BCUT2D eigenvalue weighted by Gasteiger charge is 2.32. The molecule has 39 heavy (non-hydrogen) atoms. The Morgan fingerprint density at radius 1 is 1.26 bits per heavy atom. The molecule has 2 atom stereocenters. The van der Waals surface area contributed by atoms with E-state index in [1.807, 2.05) is 32.9 Å². The zero-order valence-corrected chi connectivity index (χ0v) is 22.6. The summed E-state index contributed by atoms with van der Waals surface area (Å²) in [6.07, 6.45) is 9.81. The van der Waals surface area contributed by atoms with Crippen molar-refractivity contribution in [2.45, 2.75) is 58.3 Å². The molecular weight excluding hydrogens is 494 g/mol. The normalized spacial score (nSPS) is 19.3. The molecule has 0 radical (unpaired) electrons. The average Bonchev–Trinajstić information content (AvgIpc) is 3.41. The molecule has 1 amide bonds. The van der Waals surface area contributed by atoms with Crippen molar-refractivity contribution in [2.75, 3.05) is 23.3 Å². The van der Waals surface area contributed by atoms with E-state index in [-0.39, 0.29) is 18.1 Å². The Bertz CT molecular complexity index is 1460. The van der Waals surface area contributed by atoms with E-state index in [1.54, 1.807) is 22.9 Å². The summed E-state index contributed by atoms with van der Waals surface area (Å²) in [7, 11) is 0. The molecule has 204 valence electrons. The summed E-state index contributed by atoms with van der Waals surface area (Å²) in [5.41, 5.74) is 2.14. The van der Waals surface area contributed by atoms with Crippen LogP contribution < -0.4 is 21.1 Å². The van der Waals surface area contributed by atoms with E-state index in [9.17, 15) is 9.59 Å². The number of carbonyl (C=O) groups is 1. The maximum atomic E-state index is 13.3. The molecule has 3 aromatic rings. The number of piperazine rings is 1. The van der Waals surface area contributed by atoms with Gasteiger partial charge < -0.3 is 15.5 Å². The van der Waals surface area contributed by atoms with E-state index in [1.165, 1.54) is 34.4 Å². The van der Waals surface area contributed by atoms with Gasteiger partial charge >= 0.3 is 0 Å². The van der Waals surface area contributed by atoms with Crippen LogP contribution in [0.2, 0.25) is 0 Å². The fraction of sp³-hybridized carbons (Fsp3) is 0.393. The van der Waals surface area contributed by atoms with Crippen LogP contribution in [0.4, 0.5) is 17.3 Å². The highest BCUT2D eigenvalue weighted by atomic mass is 16.1. The fourth-order valence-electron chi connectivity index (χ4n) is 5.18. The van der Waals surface area contributed by atoms with Crippen molar-refractivity contribution in [3.63, 3.8) is 0 Å². The molecule has 2 saturated heterocycles. The molecule has 0 spiro atoms. The summed E-state index contributed by atoms with van der Waals surface area (Å²) >= 11 is 0. The van der Waals surface area contributed by atoms with Crippen LogP contribution in [0.5, 0.6) is 0 Å². The predicted molar refractivity (Wildman–Crippen MR) is 155 cm³/mol. The highest BCUT2D eigenvalue weighted by Crippen LogP contribution is 2.27. The van der Waals surface area contributed by atoms with Gasteiger partial charge in [0.25, 0.3) is 5.56 Å². The Morgan fingerprint density at radius 3 is 2.59 bits per heavy atom. The summed E-state index contributed by atoms with van der Waals surface area (Å²) in [6, 6.07) is 9.22. The van der Waals surface area contributed by atoms with Gasteiger partial charge in [0.15, 0.2) is 11.5 Å². The Morgan fingerprint density at radius 2 is 1.97 bits per heavy atom. The quantitative estimate of drug-likeness (QED) is 0.144. The number of anilines is 3. The first-order valence-corrected chi connectivity index (χ1v) is 13.3. The lowest BCUT2D eigenvalue weighted by atomic mass is 10.2. The molecule has 2 aliphatic heterocycles. The second-order valence-corrected chi connectivity index (χ2v) is 10.2. The van der Waals surface area contributed by atoms with Crippen molar-refractivity contribution in [1.29, 1.82) is 0 Å². The molecule has 1 aromatic carbocycles. The van der Waals surface area contributed by atoms with E-state index in [2.05, 4.69) is 44.3 Å². The smallest absolute Gasteiger partial charge is 0.278 e. The van der Waals surface area contributed by atoms with Crippen molar-refractivity contribution < 1.29 is 4.79 Å².